The topological polar surface area (TPSA) is 55.8 Å². The molecule has 0 fully saturated rings. The summed E-state index contributed by atoms with van der Waals surface area (Å²) in [4.78, 5) is 12.7. The largest absolute Gasteiger partial charge is 0.507 e. The highest BCUT2D eigenvalue weighted by molar-refractivity contribution is 6.11. The fourth-order valence-corrected chi connectivity index (χ4v) is 2.43. The Morgan fingerprint density at radius 2 is 1.38 bits per heavy atom. The molecule has 4 nitrogen and oxygen atoms in total. The molecule has 2 aromatic carbocycles. The molecular formula is C20H24O4. The van der Waals surface area contributed by atoms with Crippen molar-refractivity contribution in [1.29, 1.82) is 0 Å². The van der Waals surface area contributed by atoms with Crippen LogP contribution in [0.2, 0.25) is 0 Å². The van der Waals surface area contributed by atoms with Gasteiger partial charge in [0, 0.05) is 11.6 Å². The van der Waals surface area contributed by atoms with Gasteiger partial charge in [-0.3, -0.25) is 4.79 Å². The number of ketones is 1. The summed E-state index contributed by atoms with van der Waals surface area (Å²) >= 11 is 0. The molecule has 0 aliphatic rings. The molecule has 0 bridgehead atoms. The van der Waals surface area contributed by atoms with E-state index in [1.807, 2.05) is 40.7 Å². The number of hydrogen-bond donors (Lipinski definition) is 1. The quantitative estimate of drug-likeness (QED) is 0.793. The van der Waals surface area contributed by atoms with Gasteiger partial charge in [0.05, 0.1) is 17.8 Å². The number of aromatic hydroxyl groups is 1. The molecule has 2 rings (SSSR count). The minimum absolute atomic E-state index is 0.00157. The second kappa shape index (κ2) is 7.39. The minimum Gasteiger partial charge on any atom is -0.507 e. The van der Waals surface area contributed by atoms with E-state index in [0.29, 0.717) is 11.3 Å². The molecule has 0 radical (unpaired) electrons. The first kappa shape index (κ1) is 17.9. The molecule has 0 spiro atoms. The number of hydrogen-bond acceptors (Lipinski definition) is 4. The highest BCUT2D eigenvalue weighted by Gasteiger charge is 2.17. The van der Waals surface area contributed by atoms with Crippen LogP contribution in [0.4, 0.5) is 0 Å². The van der Waals surface area contributed by atoms with Crippen molar-refractivity contribution in [2.45, 2.75) is 46.8 Å². The Labute approximate surface area is 143 Å². The molecule has 1 N–H and O–H groups in total. The van der Waals surface area contributed by atoms with Gasteiger partial charge in [0.25, 0.3) is 0 Å². The molecule has 0 aliphatic carbocycles. The van der Waals surface area contributed by atoms with Crippen LogP contribution in [0.25, 0.3) is 0 Å². The number of carbonyl (C=O) groups excluding carboxylic acids is 1. The summed E-state index contributed by atoms with van der Waals surface area (Å²) < 4.78 is 11.2. The summed E-state index contributed by atoms with van der Waals surface area (Å²) in [5.41, 5.74) is 1.60. The van der Waals surface area contributed by atoms with Crippen LogP contribution in [-0.4, -0.2) is 23.1 Å². The van der Waals surface area contributed by atoms with Crippen LogP contribution >= 0.6 is 0 Å². The van der Waals surface area contributed by atoms with Crippen molar-refractivity contribution < 1.29 is 19.4 Å². The fraction of sp³-hybridized carbons (Fsp3) is 0.350. The first-order valence-electron chi connectivity index (χ1n) is 8.09. The van der Waals surface area contributed by atoms with E-state index in [2.05, 4.69) is 0 Å². The predicted octanol–water partition coefficient (Wildman–Crippen LogP) is 4.51. The Kier molecular flexibility index (Phi) is 5.50. The maximum atomic E-state index is 12.7. The van der Waals surface area contributed by atoms with Crippen molar-refractivity contribution in [3.05, 3.63) is 53.1 Å². The number of phenolic OH excluding ortho intramolecular Hbond substituents is 1. The van der Waals surface area contributed by atoms with E-state index < -0.39 is 0 Å². The van der Waals surface area contributed by atoms with Gasteiger partial charge in [-0.1, -0.05) is 0 Å². The van der Waals surface area contributed by atoms with Gasteiger partial charge >= 0.3 is 0 Å². The average molecular weight is 328 g/mol. The van der Waals surface area contributed by atoms with Gasteiger partial charge in [-0.15, -0.1) is 0 Å². The van der Waals surface area contributed by atoms with Gasteiger partial charge in [-0.05, 0) is 70.5 Å². The standard InChI is InChI=1S/C20H24O4/c1-12(2)23-15-6-8-17(14(5)10-15)20(22)18-9-7-16(11-19(18)21)24-13(3)4/h6-13,21H,1-5H3. The van der Waals surface area contributed by atoms with Crippen LogP contribution in [0.5, 0.6) is 17.2 Å². The molecule has 0 atom stereocenters. The lowest BCUT2D eigenvalue weighted by Crippen LogP contribution is -2.08. The average Bonchev–Trinajstić information content (AvgIpc) is 2.45. The number of aryl methyl sites for hydroxylation is 1. The zero-order chi connectivity index (χ0) is 17.9. The van der Waals surface area contributed by atoms with E-state index in [4.69, 9.17) is 9.47 Å². The van der Waals surface area contributed by atoms with E-state index in [9.17, 15) is 9.90 Å². The molecule has 128 valence electrons. The van der Waals surface area contributed by atoms with Crippen LogP contribution < -0.4 is 9.47 Å². The Bertz CT molecular complexity index is 671. The molecule has 2 aromatic rings. The number of phenols is 1. The SMILES string of the molecule is Cc1cc(OC(C)C)ccc1C(=O)c1ccc(OC(C)C)cc1O. The maximum Gasteiger partial charge on any atom is 0.197 e. The van der Waals surface area contributed by atoms with E-state index >= 15 is 0 Å². The second-order valence-electron chi connectivity index (χ2n) is 6.32. The first-order chi connectivity index (χ1) is 11.3. The Balaban J connectivity index is 2.28. The lowest BCUT2D eigenvalue weighted by molar-refractivity contribution is 0.103. The van der Waals surface area contributed by atoms with Gasteiger partial charge in [0.2, 0.25) is 0 Å². The van der Waals surface area contributed by atoms with Crippen LogP contribution in [0.3, 0.4) is 0 Å². The van der Waals surface area contributed by atoms with Gasteiger partial charge in [0.1, 0.15) is 17.2 Å². The van der Waals surface area contributed by atoms with Crippen molar-refractivity contribution in [2.75, 3.05) is 0 Å². The number of rotatable bonds is 6. The van der Waals surface area contributed by atoms with Gasteiger partial charge in [-0.2, -0.15) is 0 Å². The summed E-state index contributed by atoms with van der Waals surface area (Å²) in [7, 11) is 0. The van der Waals surface area contributed by atoms with Gasteiger partial charge in [0.15, 0.2) is 5.78 Å². The zero-order valence-corrected chi connectivity index (χ0v) is 14.8. The molecule has 24 heavy (non-hydrogen) atoms. The van der Waals surface area contributed by atoms with Gasteiger partial charge < -0.3 is 14.6 Å². The summed E-state index contributed by atoms with van der Waals surface area (Å²) in [6.45, 7) is 9.56. The Morgan fingerprint density at radius 1 is 0.875 bits per heavy atom. The Morgan fingerprint density at radius 3 is 1.83 bits per heavy atom. The van der Waals surface area contributed by atoms with Gasteiger partial charge in [-0.25, -0.2) is 0 Å². The third kappa shape index (κ3) is 4.28. The maximum absolute atomic E-state index is 12.7. The van der Waals surface area contributed by atoms with Crippen molar-refractivity contribution in [3.8, 4) is 17.2 Å². The lowest BCUT2D eigenvalue weighted by Gasteiger charge is -2.13. The number of carbonyl (C=O) groups is 1. The van der Waals surface area contributed by atoms with Crippen molar-refractivity contribution in [2.24, 2.45) is 0 Å². The van der Waals surface area contributed by atoms with Crippen LogP contribution in [0, 0.1) is 6.92 Å². The lowest BCUT2D eigenvalue weighted by atomic mass is 9.98. The van der Waals surface area contributed by atoms with E-state index in [1.165, 1.54) is 6.07 Å². The van der Waals surface area contributed by atoms with Crippen molar-refractivity contribution in [3.63, 3.8) is 0 Å². The third-order valence-electron chi connectivity index (χ3n) is 3.40. The molecular weight excluding hydrogens is 304 g/mol. The Hall–Kier alpha value is -2.49. The number of benzene rings is 2. The van der Waals surface area contributed by atoms with Crippen LogP contribution in [0.1, 0.15) is 49.2 Å². The first-order valence-corrected chi connectivity index (χ1v) is 8.09. The molecule has 0 heterocycles. The van der Waals surface area contributed by atoms with Crippen molar-refractivity contribution >= 4 is 5.78 Å². The molecule has 0 aliphatic heterocycles. The van der Waals surface area contributed by atoms with E-state index in [0.717, 1.165) is 11.3 Å². The summed E-state index contributed by atoms with van der Waals surface area (Å²) in [5, 5.41) is 10.2. The van der Waals surface area contributed by atoms with Crippen molar-refractivity contribution in [1.82, 2.24) is 0 Å². The fourth-order valence-electron chi connectivity index (χ4n) is 2.43. The highest BCUT2D eigenvalue weighted by atomic mass is 16.5. The van der Waals surface area contributed by atoms with Crippen LogP contribution in [-0.2, 0) is 0 Å². The molecule has 0 saturated carbocycles. The third-order valence-corrected chi connectivity index (χ3v) is 3.40. The normalized spacial score (nSPS) is 11.0. The second-order valence-corrected chi connectivity index (χ2v) is 6.32. The predicted molar refractivity (Wildman–Crippen MR) is 94.2 cm³/mol. The minimum atomic E-state index is -0.225. The zero-order valence-electron chi connectivity index (χ0n) is 14.8. The molecule has 0 aromatic heterocycles. The summed E-state index contributed by atoms with van der Waals surface area (Å²) in [5.74, 6) is 0.956. The summed E-state index contributed by atoms with van der Waals surface area (Å²) in [6.07, 6.45) is 0.0743. The molecule has 0 amide bonds. The molecule has 0 saturated heterocycles. The smallest absolute Gasteiger partial charge is 0.197 e. The van der Waals surface area contributed by atoms with E-state index in [-0.39, 0.29) is 29.3 Å². The van der Waals surface area contributed by atoms with E-state index in [1.54, 1.807) is 24.3 Å². The highest BCUT2D eigenvalue weighted by Crippen LogP contribution is 2.28. The molecule has 0 unspecified atom stereocenters. The monoisotopic (exact) mass is 328 g/mol. The summed E-state index contributed by atoms with van der Waals surface area (Å²) in [6, 6.07) is 10.1. The number of ether oxygens (including phenoxy) is 2. The van der Waals surface area contributed by atoms with Crippen LogP contribution in [0.15, 0.2) is 36.4 Å². The molecule has 4 heteroatoms.